The van der Waals surface area contributed by atoms with E-state index in [0.717, 1.165) is 0 Å². The molecule has 3 N–H and O–H groups in total. The number of rotatable bonds is 4. The van der Waals surface area contributed by atoms with Gasteiger partial charge in [0.05, 0.1) is 6.61 Å². The molecule has 0 saturated carbocycles. The van der Waals surface area contributed by atoms with E-state index < -0.39 is 18.4 Å². The van der Waals surface area contributed by atoms with Crippen molar-refractivity contribution in [1.29, 1.82) is 0 Å². The number of hydrogen-bond donors (Lipinski definition) is 3. The Labute approximate surface area is 99.1 Å². The second-order valence-corrected chi connectivity index (χ2v) is 3.59. The third-order valence-corrected chi connectivity index (χ3v) is 2.15. The number of carboxylic acid groups (broad SMARTS) is 1. The number of aliphatic hydroxyl groups is 1. The van der Waals surface area contributed by atoms with Gasteiger partial charge in [0.1, 0.15) is 6.54 Å². The van der Waals surface area contributed by atoms with Crippen LogP contribution in [0.15, 0.2) is 24.3 Å². The van der Waals surface area contributed by atoms with Crippen LogP contribution in [-0.2, 0) is 16.0 Å². The topological polar surface area (TPSA) is 86.6 Å². The second-order valence-electron chi connectivity index (χ2n) is 3.59. The van der Waals surface area contributed by atoms with Crippen LogP contribution in [-0.4, -0.2) is 35.2 Å². The van der Waals surface area contributed by atoms with Gasteiger partial charge < -0.3 is 15.5 Å². The molecule has 2 rings (SSSR count). The molecule has 0 aromatic heterocycles. The van der Waals surface area contributed by atoms with Crippen molar-refractivity contribution in [2.24, 2.45) is 0 Å². The molecule has 17 heavy (non-hydrogen) atoms. The first kappa shape index (κ1) is 13.2. The van der Waals surface area contributed by atoms with Gasteiger partial charge in [0.15, 0.2) is 0 Å². The fourth-order valence-electron chi connectivity index (χ4n) is 1.20. The number of aliphatic carboxylic acids is 1. The van der Waals surface area contributed by atoms with Gasteiger partial charge in [0.25, 0.3) is 0 Å². The van der Waals surface area contributed by atoms with Gasteiger partial charge in [-0.05, 0) is 17.5 Å². The molecule has 0 unspecified atom stereocenters. The number of hydrogen-bond acceptors (Lipinski definition) is 3. The Balaban J connectivity index is 0.000000177. The molecule has 0 radical (unpaired) electrons. The smallest absolute Gasteiger partial charge is 0.322 e. The van der Waals surface area contributed by atoms with Crippen LogP contribution in [0.1, 0.15) is 17.5 Å². The SMILES string of the molecule is O=C(O)CNC(=O)CCO.c1ccc2c(c1)C2. The average Bonchev–Trinajstić information content (AvgIpc) is 3.06. The zero-order valence-electron chi connectivity index (χ0n) is 9.35. The molecule has 0 heterocycles. The maximum Gasteiger partial charge on any atom is 0.322 e. The van der Waals surface area contributed by atoms with Crippen molar-refractivity contribution in [2.75, 3.05) is 13.2 Å². The largest absolute Gasteiger partial charge is 0.480 e. The molecule has 1 aliphatic rings. The first-order valence-corrected chi connectivity index (χ1v) is 5.29. The lowest BCUT2D eigenvalue weighted by atomic mass is 10.4. The van der Waals surface area contributed by atoms with Crippen LogP contribution < -0.4 is 5.32 Å². The van der Waals surface area contributed by atoms with Crippen LogP contribution in [0.4, 0.5) is 0 Å². The van der Waals surface area contributed by atoms with Crippen LogP contribution in [0.2, 0.25) is 0 Å². The Morgan fingerprint density at radius 1 is 1.24 bits per heavy atom. The first-order chi connectivity index (χ1) is 8.13. The van der Waals surface area contributed by atoms with E-state index in [1.165, 1.54) is 17.5 Å². The lowest BCUT2D eigenvalue weighted by Gasteiger charge is -1.97. The summed E-state index contributed by atoms with van der Waals surface area (Å²) in [5.74, 6) is -1.55. The van der Waals surface area contributed by atoms with Crippen molar-refractivity contribution in [2.45, 2.75) is 12.8 Å². The highest BCUT2D eigenvalue weighted by Gasteiger charge is 2.12. The number of carbonyl (C=O) groups is 2. The highest BCUT2D eigenvalue weighted by Crippen LogP contribution is 2.25. The molecule has 0 aliphatic heterocycles. The minimum Gasteiger partial charge on any atom is -0.480 e. The molecule has 0 bridgehead atoms. The average molecular weight is 237 g/mol. The van der Waals surface area contributed by atoms with Crippen LogP contribution >= 0.6 is 0 Å². The zero-order valence-corrected chi connectivity index (χ0v) is 9.35. The highest BCUT2D eigenvalue weighted by atomic mass is 16.4. The van der Waals surface area contributed by atoms with Gasteiger partial charge in [-0.1, -0.05) is 24.3 Å². The molecule has 5 heteroatoms. The second kappa shape index (κ2) is 6.65. The van der Waals surface area contributed by atoms with Crippen molar-refractivity contribution < 1.29 is 19.8 Å². The summed E-state index contributed by atoms with van der Waals surface area (Å²) in [5.41, 5.74) is 3.06. The molecule has 1 aromatic carbocycles. The Morgan fingerprint density at radius 2 is 1.82 bits per heavy atom. The molecule has 1 aromatic rings. The van der Waals surface area contributed by atoms with E-state index in [4.69, 9.17) is 10.2 Å². The number of benzene rings is 1. The van der Waals surface area contributed by atoms with Gasteiger partial charge in [-0.15, -0.1) is 0 Å². The maximum absolute atomic E-state index is 10.4. The molecule has 0 saturated heterocycles. The van der Waals surface area contributed by atoms with Gasteiger partial charge in [-0.3, -0.25) is 9.59 Å². The van der Waals surface area contributed by atoms with E-state index >= 15 is 0 Å². The van der Waals surface area contributed by atoms with Crippen molar-refractivity contribution in [3.63, 3.8) is 0 Å². The minimum absolute atomic E-state index is 0.0483. The fraction of sp³-hybridized carbons (Fsp3) is 0.333. The number of fused-ring (bicyclic) bond motifs is 1. The van der Waals surface area contributed by atoms with Crippen molar-refractivity contribution in [3.8, 4) is 0 Å². The molecular formula is C12H15NO4. The van der Waals surface area contributed by atoms with Crippen molar-refractivity contribution >= 4 is 11.9 Å². The van der Waals surface area contributed by atoms with Crippen molar-refractivity contribution in [1.82, 2.24) is 5.32 Å². The molecule has 0 fully saturated rings. The van der Waals surface area contributed by atoms with Gasteiger partial charge in [0, 0.05) is 6.42 Å². The highest BCUT2D eigenvalue weighted by molar-refractivity contribution is 5.81. The monoisotopic (exact) mass is 237 g/mol. The molecule has 5 nitrogen and oxygen atoms in total. The normalized spacial score (nSPS) is 10.6. The van der Waals surface area contributed by atoms with Crippen molar-refractivity contribution in [3.05, 3.63) is 35.4 Å². The van der Waals surface area contributed by atoms with Crippen LogP contribution in [0.5, 0.6) is 0 Å². The fourth-order valence-corrected chi connectivity index (χ4v) is 1.20. The Bertz CT molecular complexity index is 382. The summed E-state index contributed by atoms with van der Waals surface area (Å²) in [6.45, 7) is -0.649. The zero-order chi connectivity index (χ0) is 12.7. The molecule has 1 amide bonds. The van der Waals surface area contributed by atoms with E-state index in [0.29, 0.717) is 0 Å². The van der Waals surface area contributed by atoms with Gasteiger partial charge in [0.2, 0.25) is 5.91 Å². The molecule has 0 spiro atoms. The van der Waals surface area contributed by atoms with Crippen LogP contribution in [0.3, 0.4) is 0 Å². The molecule has 0 atom stereocenters. The summed E-state index contributed by atoms with van der Waals surface area (Å²) in [7, 11) is 0. The lowest BCUT2D eigenvalue weighted by molar-refractivity contribution is -0.138. The van der Waals surface area contributed by atoms with E-state index in [1.54, 1.807) is 0 Å². The van der Waals surface area contributed by atoms with Gasteiger partial charge in [-0.2, -0.15) is 0 Å². The minimum atomic E-state index is -1.09. The summed E-state index contributed by atoms with van der Waals surface area (Å²) < 4.78 is 0. The number of amides is 1. The lowest BCUT2D eigenvalue weighted by Crippen LogP contribution is -2.29. The molecule has 1 aliphatic carbocycles. The third kappa shape index (κ3) is 5.67. The Kier molecular flexibility index (Phi) is 5.16. The van der Waals surface area contributed by atoms with E-state index in [-0.39, 0.29) is 13.0 Å². The predicted molar refractivity (Wildman–Crippen MR) is 61.6 cm³/mol. The Morgan fingerprint density at radius 3 is 2.24 bits per heavy atom. The number of aliphatic hydroxyl groups excluding tert-OH is 1. The third-order valence-electron chi connectivity index (χ3n) is 2.15. The van der Waals surface area contributed by atoms with Gasteiger partial charge in [-0.25, -0.2) is 0 Å². The quantitative estimate of drug-likeness (QED) is 0.707. The van der Waals surface area contributed by atoms with E-state index in [1.807, 2.05) is 0 Å². The van der Waals surface area contributed by atoms with Crippen LogP contribution in [0.25, 0.3) is 0 Å². The maximum atomic E-state index is 10.4. The number of nitrogens with one attached hydrogen (secondary N) is 1. The standard InChI is InChI=1S/C7H6.C5H9NO4/c1-2-4-7-5-6(7)3-1;7-2-1-4(8)6-3-5(9)10/h1-4H,5H2;7H,1-3H2,(H,6,8)(H,9,10). The van der Waals surface area contributed by atoms with Crippen LogP contribution in [0, 0.1) is 0 Å². The van der Waals surface area contributed by atoms with Gasteiger partial charge >= 0.3 is 5.97 Å². The number of carbonyl (C=O) groups excluding carboxylic acids is 1. The van der Waals surface area contributed by atoms with E-state index in [9.17, 15) is 9.59 Å². The summed E-state index contributed by atoms with van der Waals surface area (Å²) in [6, 6.07) is 8.53. The summed E-state index contributed by atoms with van der Waals surface area (Å²) in [6.07, 6.45) is 1.19. The number of carboxylic acids is 1. The predicted octanol–water partition coefficient (Wildman–Crippen LogP) is 0.160. The summed E-state index contributed by atoms with van der Waals surface area (Å²) in [5, 5.41) is 18.3. The molecular weight excluding hydrogens is 222 g/mol. The first-order valence-electron chi connectivity index (χ1n) is 5.29. The van der Waals surface area contributed by atoms with E-state index in [2.05, 4.69) is 29.6 Å². The summed E-state index contributed by atoms with van der Waals surface area (Å²) >= 11 is 0. The Hall–Kier alpha value is -1.88. The molecule has 92 valence electrons. The summed E-state index contributed by atoms with van der Waals surface area (Å²) in [4.78, 5) is 20.2.